The number of carbonyl (C=O) groups is 1. The van der Waals surface area contributed by atoms with Gasteiger partial charge in [0.05, 0.1) is 32.0 Å². The standard InChI is InChI=1S/C29H27NO5/c1-19-27-15-20(5-11-25(27)26-12-6-21(30-2)16-28(19)26)29(31)35-23-9-7-22(8-10-23)33-14-4-3-13-32-17-24-18-34-24/h5-12,15-16,19,24H,3-4,13-14,17-18H2,1H3. The number of rotatable bonds is 10. The van der Waals surface area contributed by atoms with Gasteiger partial charge < -0.3 is 18.9 Å². The van der Waals surface area contributed by atoms with E-state index in [9.17, 15) is 4.79 Å². The van der Waals surface area contributed by atoms with Gasteiger partial charge >= 0.3 is 5.97 Å². The van der Waals surface area contributed by atoms with Crippen LogP contribution in [0, 0.1) is 6.57 Å². The lowest BCUT2D eigenvalue weighted by atomic mass is 9.97. The van der Waals surface area contributed by atoms with Crippen LogP contribution in [0.4, 0.5) is 5.69 Å². The second-order valence-electron chi connectivity index (χ2n) is 8.85. The molecule has 1 fully saturated rings. The van der Waals surface area contributed by atoms with Crippen LogP contribution >= 0.6 is 0 Å². The highest BCUT2D eigenvalue weighted by atomic mass is 16.6. The summed E-state index contributed by atoms with van der Waals surface area (Å²) in [4.78, 5) is 16.3. The first-order valence-corrected chi connectivity index (χ1v) is 11.9. The Balaban J connectivity index is 1.14. The number of esters is 1. The molecule has 1 heterocycles. The number of ether oxygens (including phenoxy) is 4. The van der Waals surface area contributed by atoms with E-state index in [2.05, 4.69) is 11.8 Å². The molecule has 6 nitrogen and oxygen atoms in total. The normalized spacial score (nSPS) is 17.3. The van der Waals surface area contributed by atoms with Gasteiger partial charge in [0.1, 0.15) is 17.6 Å². The molecular formula is C29H27NO5. The molecule has 3 aromatic carbocycles. The summed E-state index contributed by atoms with van der Waals surface area (Å²) in [7, 11) is 0. The van der Waals surface area contributed by atoms with Crippen molar-refractivity contribution in [3.05, 3.63) is 88.8 Å². The van der Waals surface area contributed by atoms with Crippen LogP contribution in [-0.4, -0.2) is 38.5 Å². The first kappa shape index (κ1) is 23.1. The van der Waals surface area contributed by atoms with E-state index in [4.69, 9.17) is 25.5 Å². The highest BCUT2D eigenvalue weighted by molar-refractivity contribution is 5.93. The van der Waals surface area contributed by atoms with Crippen LogP contribution < -0.4 is 9.47 Å². The molecule has 3 aromatic rings. The fraction of sp³-hybridized carbons (Fsp3) is 0.310. The van der Waals surface area contributed by atoms with Crippen molar-refractivity contribution in [1.82, 2.24) is 0 Å². The van der Waals surface area contributed by atoms with E-state index < -0.39 is 5.97 Å². The fourth-order valence-corrected chi connectivity index (χ4v) is 4.33. The number of carbonyl (C=O) groups excluding carboxylic acids is 1. The Morgan fingerprint density at radius 3 is 2.40 bits per heavy atom. The molecule has 1 saturated heterocycles. The maximum atomic E-state index is 12.8. The summed E-state index contributed by atoms with van der Waals surface area (Å²) >= 11 is 0. The minimum absolute atomic E-state index is 0.115. The van der Waals surface area contributed by atoms with E-state index in [0.29, 0.717) is 42.9 Å². The molecule has 0 amide bonds. The Labute approximate surface area is 205 Å². The zero-order valence-corrected chi connectivity index (χ0v) is 19.7. The molecule has 6 heteroatoms. The third-order valence-electron chi connectivity index (χ3n) is 6.37. The predicted octanol–water partition coefficient (Wildman–Crippen LogP) is 6.16. The largest absolute Gasteiger partial charge is 0.494 e. The minimum atomic E-state index is -0.400. The van der Waals surface area contributed by atoms with Gasteiger partial charge in [-0.15, -0.1) is 0 Å². The van der Waals surface area contributed by atoms with E-state index in [1.54, 1.807) is 30.3 Å². The van der Waals surface area contributed by atoms with Crippen LogP contribution in [0.15, 0.2) is 60.7 Å². The number of hydrogen-bond acceptors (Lipinski definition) is 5. The highest BCUT2D eigenvalue weighted by Gasteiger charge is 2.27. The molecule has 2 atom stereocenters. The smallest absolute Gasteiger partial charge is 0.343 e. The zero-order chi connectivity index (χ0) is 24.2. The second-order valence-corrected chi connectivity index (χ2v) is 8.85. The van der Waals surface area contributed by atoms with Crippen molar-refractivity contribution in [2.24, 2.45) is 0 Å². The van der Waals surface area contributed by atoms with Crippen LogP contribution in [0.2, 0.25) is 0 Å². The molecule has 0 spiro atoms. The molecule has 178 valence electrons. The van der Waals surface area contributed by atoms with E-state index in [1.807, 2.05) is 30.3 Å². The van der Waals surface area contributed by atoms with Gasteiger partial charge in [0.15, 0.2) is 5.69 Å². The lowest BCUT2D eigenvalue weighted by Gasteiger charge is -2.10. The van der Waals surface area contributed by atoms with Crippen molar-refractivity contribution in [3.63, 3.8) is 0 Å². The minimum Gasteiger partial charge on any atom is -0.494 e. The van der Waals surface area contributed by atoms with Gasteiger partial charge in [-0.1, -0.05) is 31.2 Å². The van der Waals surface area contributed by atoms with Crippen LogP contribution in [0.25, 0.3) is 16.0 Å². The van der Waals surface area contributed by atoms with E-state index in [0.717, 1.165) is 47.5 Å². The first-order valence-electron chi connectivity index (χ1n) is 11.9. The highest BCUT2D eigenvalue weighted by Crippen LogP contribution is 2.46. The molecule has 35 heavy (non-hydrogen) atoms. The molecule has 0 radical (unpaired) electrons. The lowest BCUT2D eigenvalue weighted by Crippen LogP contribution is -2.09. The maximum Gasteiger partial charge on any atom is 0.343 e. The molecule has 0 N–H and O–H groups in total. The number of fused-ring (bicyclic) bond motifs is 3. The third kappa shape index (κ3) is 5.37. The molecular weight excluding hydrogens is 442 g/mol. The number of unbranched alkanes of at least 4 members (excludes halogenated alkanes) is 1. The van der Waals surface area contributed by atoms with Crippen molar-refractivity contribution >= 4 is 11.7 Å². The SMILES string of the molecule is [C-]#[N+]c1ccc2c(c1)C(C)c1cc(C(=O)Oc3ccc(OCCCCOCC4CO4)cc3)ccc1-2. The molecule has 0 aromatic heterocycles. The van der Waals surface area contributed by atoms with Gasteiger partial charge in [-0.3, -0.25) is 0 Å². The van der Waals surface area contributed by atoms with Crippen molar-refractivity contribution in [3.8, 4) is 22.6 Å². The molecule has 1 aliphatic carbocycles. The number of benzene rings is 3. The summed E-state index contributed by atoms with van der Waals surface area (Å²) in [6.07, 6.45) is 2.15. The Bertz CT molecular complexity index is 1260. The van der Waals surface area contributed by atoms with Crippen LogP contribution in [0.1, 0.15) is 47.2 Å². The molecule has 0 bridgehead atoms. The Morgan fingerprint density at radius 1 is 0.971 bits per heavy atom. The van der Waals surface area contributed by atoms with Gasteiger partial charge in [-0.2, -0.15) is 0 Å². The molecule has 0 saturated carbocycles. The number of nitrogens with zero attached hydrogens (tertiary/aromatic N) is 1. The quantitative estimate of drug-likeness (QED) is 0.117. The summed E-state index contributed by atoms with van der Waals surface area (Å²) in [6.45, 7) is 12.2. The van der Waals surface area contributed by atoms with Gasteiger partial charge in [0.25, 0.3) is 0 Å². The van der Waals surface area contributed by atoms with Gasteiger partial charge in [0.2, 0.25) is 0 Å². The van der Waals surface area contributed by atoms with E-state index in [1.165, 1.54) is 0 Å². The van der Waals surface area contributed by atoms with Crippen molar-refractivity contribution in [2.75, 3.05) is 26.4 Å². The van der Waals surface area contributed by atoms with Crippen LogP contribution in [0.5, 0.6) is 11.5 Å². The third-order valence-corrected chi connectivity index (χ3v) is 6.37. The molecule has 2 unspecified atom stereocenters. The van der Waals surface area contributed by atoms with Crippen molar-refractivity contribution in [2.45, 2.75) is 31.8 Å². The zero-order valence-electron chi connectivity index (χ0n) is 19.7. The van der Waals surface area contributed by atoms with Gasteiger partial charge in [-0.25, -0.2) is 9.64 Å². The van der Waals surface area contributed by atoms with Crippen molar-refractivity contribution < 1.29 is 23.7 Å². The topological polar surface area (TPSA) is 61.7 Å². The van der Waals surface area contributed by atoms with E-state index >= 15 is 0 Å². The average Bonchev–Trinajstić information content (AvgIpc) is 3.68. The fourth-order valence-electron chi connectivity index (χ4n) is 4.33. The Hall–Kier alpha value is -3.66. The predicted molar refractivity (Wildman–Crippen MR) is 132 cm³/mol. The molecule has 5 rings (SSSR count). The van der Waals surface area contributed by atoms with Gasteiger partial charge in [0, 0.05) is 12.5 Å². The summed E-state index contributed by atoms with van der Waals surface area (Å²) in [5.74, 6) is 0.921. The molecule has 1 aliphatic heterocycles. The summed E-state index contributed by atoms with van der Waals surface area (Å²) in [5.41, 5.74) is 5.55. The summed E-state index contributed by atoms with van der Waals surface area (Å²) < 4.78 is 22.0. The molecule has 2 aliphatic rings. The van der Waals surface area contributed by atoms with Crippen LogP contribution in [-0.2, 0) is 9.47 Å². The van der Waals surface area contributed by atoms with Crippen molar-refractivity contribution in [1.29, 1.82) is 0 Å². The number of epoxide rings is 1. The van der Waals surface area contributed by atoms with Gasteiger partial charge in [-0.05, 0) is 71.5 Å². The van der Waals surface area contributed by atoms with E-state index in [-0.39, 0.29) is 5.92 Å². The summed E-state index contributed by atoms with van der Waals surface area (Å²) in [6, 6.07) is 18.5. The number of hydrogen-bond donors (Lipinski definition) is 0. The lowest BCUT2D eigenvalue weighted by molar-refractivity contribution is 0.0734. The van der Waals surface area contributed by atoms with Crippen LogP contribution in [0.3, 0.4) is 0 Å². The Kier molecular flexibility index (Phi) is 6.80. The Morgan fingerprint density at radius 2 is 1.66 bits per heavy atom. The monoisotopic (exact) mass is 469 g/mol. The first-order chi connectivity index (χ1) is 17.1. The second kappa shape index (κ2) is 10.3. The maximum absolute atomic E-state index is 12.8. The summed E-state index contributed by atoms with van der Waals surface area (Å²) in [5, 5.41) is 0. The average molecular weight is 470 g/mol.